The molecule has 1 saturated carbocycles. The predicted molar refractivity (Wildman–Crippen MR) is 84.1 cm³/mol. The van der Waals surface area contributed by atoms with Crippen LogP contribution in [0.3, 0.4) is 0 Å². The van der Waals surface area contributed by atoms with Crippen molar-refractivity contribution in [1.82, 2.24) is 0 Å². The van der Waals surface area contributed by atoms with Crippen molar-refractivity contribution in [1.29, 1.82) is 0 Å². The van der Waals surface area contributed by atoms with E-state index in [1.807, 2.05) is 0 Å². The van der Waals surface area contributed by atoms with Gasteiger partial charge in [-0.2, -0.15) is 0 Å². The van der Waals surface area contributed by atoms with Gasteiger partial charge in [0.25, 0.3) is 0 Å². The molecule has 0 saturated heterocycles. The topological polar surface area (TPSA) is 78.6 Å². The Morgan fingerprint density at radius 3 is 2.19 bits per heavy atom. The van der Waals surface area contributed by atoms with E-state index in [2.05, 4.69) is 15.9 Å². The fraction of sp³-hybridized carbons (Fsp3) is 0.867. The minimum Gasteiger partial charge on any atom is -0.461 e. The summed E-state index contributed by atoms with van der Waals surface area (Å²) < 4.78 is 10.7. The molecule has 122 valence electrons. The van der Waals surface area contributed by atoms with Gasteiger partial charge in [-0.1, -0.05) is 22.4 Å². The number of hydrogen-bond acceptors (Lipinski definition) is 5. The Kier molecular flexibility index (Phi) is 6.66. The number of hydrogen-bond donors (Lipinski definition) is 1. The van der Waals surface area contributed by atoms with Crippen LogP contribution in [-0.2, 0) is 19.1 Å². The Morgan fingerprint density at radius 1 is 1.14 bits per heavy atom. The van der Waals surface area contributed by atoms with Gasteiger partial charge < -0.3 is 15.2 Å². The largest absolute Gasteiger partial charge is 0.461 e. The van der Waals surface area contributed by atoms with Crippen LogP contribution in [0.5, 0.6) is 0 Å². The molecule has 0 heterocycles. The Morgan fingerprint density at radius 2 is 1.71 bits per heavy atom. The van der Waals surface area contributed by atoms with Crippen LogP contribution in [0.25, 0.3) is 0 Å². The number of ether oxygens (including phenoxy) is 2. The van der Waals surface area contributed by atoms with E-state index in [9.17, 15) is 9.59 Å². The van der Waals surface area contributed by atoms with Crippen molar-refractivity contribution < 1.29 is 19.1 Å². The van der Waals surface area contributed by atoms with Gasteiger partial charge in [0.15, 0.2) is 0 Å². The summed E-state index contributed by atoms with van der Waals surface area (Å²) in [5.41, 5.74) is 3.60. The minimum absolute atomic E-state index is 0.132. The van der Waals surface area contributed by atoms with E-state index >= 15 is 0 Å². The van der Waals surface area contributed by atoms with Gasteiger partial charge in [0.05, 0.1) is 0 Å². The molecule has 0 amide bonds. The highest BCUT2D eigenvalue weighted by Gasteiger charge is 2.47. The van der Waals surface area contributed by atoms with E-state index in [0.29, 0.717) is 5.33 Å². The van der Waals surface area contributed by atoms with Gasteiger partial charge in [0, 0.05) is 5.33 Å². The number of halogens is 1. The van der Waals surface area contributed by atoms with Gasteiger partial charge in [-0.3, -0.25) is 0 Å². The molecule has 21 heavy (non-hydrogen) atoms. The smallest absolute Gasteiger partial charge is 0.338 e. The molecule has 1 aliphatic rings. The third-order valence-corrected chi connectivity index (χ3v) is 3.84. The Hall–Kier alpha value is -0.620. The molecule has 0 aromatic carbocycles. The molecule has 0 aromatic rings. The predicted octanol–water partition coefficient (Wildman–Crippen LogP) is 2.69. The molecule has 1 rings (SSSR count). The normalized spacial score (nSPS) is 19.7. The minimum atomic E-state index is -1.74. The van der Waals surface area contributed by atoms with Crippen molar-refractivity contribution in [2.24, 2.45) is 5.73 Å². The maximum atomic E-state index is 12.4. The van der Waals surface area contributed by atoms with Crippen molar-refractivity contribution in [2.45, 2.75) is 76.5 Å². The molecule has 1 fully saturated rings. The summed E-state index contributed by atoms with van der Waals surface area (Å²) in [5, 5.41) is 0.419. The molecular weight excluding hydrogens is 338 g/mol. The zero-order chi connectivity index (χ0) is 16.1. The summed E-state index contributed by atoms with van der Waals surface area (Å²) >= 11 is 3.23. The first-order chi connectivity index (χ1) is 9.69. The Labute approximate surface area is 135 Å². The van der Waals surface area contributed by atoms with Crippen LogP contribution in [-0.4, -0.2) is 34.5 Å². The van der Waals surface area contributed by atoms with Gasteiger partial charge in [-0.15, -0.1) is 0 Å². The monoisotopic (exact) mass is 363 g/mol. The van der Waals surface area contributed by atoms with Crippen molar-refractivity contribution in [3.63, 3.8) is 0 Å². The molecule has 0 bridgehead atoms. The summed E-state index contributed by atoms with van der Waals surface area (Å²) in [7, 11) is 0. The molecule has 5 nitrogen and oxygen atoms in total. The van der Waals surface area contributed by atoms with Gasteiger partial charge in [-0.05, 0) is 52.9 Å². The molecule has 0 radical (unpaired) electrons. The molecule has 1 atom stereocenters. The number of carbonyl (C=O) groups is 2. The second-order valence-electron chi connectivity index (χ2n) is 6.58. The average Bonchev–Trinajstić information content (AvgIpc) is 2.38. The van der Waals surface area contributed by atoms with Crippen molar-refractivity contribution in [3.05, 3.63) is 0 Å². The van der Waals surface area contributed by atoms with Crippen LogP contribution in [0, 0.1) is 0 Å². The Balaban J connectivity index is 2.76. The van der Waals surface area contributed by atoms with Crippen LogP contribution < -0.4 is 5.73 Å². The van der Waals surface area contributed by atoms with Crippen LogP contribution in [0.15, 0.2) is 0 Å². The molecule has 2 N–H and O–H groups in total. The quantitative estimate of drug-likeness (QED) is 0.461. The van der Waals surface area contributed by atoms with E-state index in [0.717, 1.165) is 32.1 Å². The lowest BCUT2D eigenvalue weighted by Crippen LogP contribution is -2.58. The summed E-state index contributed by atoms with van der Waals surface area (Å²) in [6.07, 6.45) is 4.94. The zero-order valence-corrected chi connectivity index (χ0v) is 14.7. The molecule has 6 heteroatoms. The summed E-state index contributed by atoms with van der Waals surface area (Å²) in [6.45, 7) is 5.23. The summed E-state index contributed by atoms with van der Waals surface area (Å²) in [5.74, 6) is -1.40. The van der Waals surface area contributed by atoms with E-state index in [-0.39, 0.29) is 12.5 Å². The highest BCUT2D eigenvalue weighted by molar-refractivity contribution is 9.09. The first-order valence-electron chi connectivity index (χ1n) is 7.48. The fourth-order valence-corrected chi connectivity index (χ4v) is 2.87. The van der Waals surface area contributed by atoms with Gasteiger partial charge in [0.1, 0.15) is 11.7 Å². The lowest BCUT2D eigenvalue weighted by Gasteiger charge is -2.31. The second-order valence-corrected chi connectivity index (χ2v) is 7.37. The van der Waals surface area contributed by atoms with E-state index in [1.165, 1.54) is 0 Å². The third kappa shape index (κ3) is 5.58. The molecule has 0 aromatic heterocycles. The van der Waals surface area contributed by atoms with E-state index in [4.69, 9.17) is 15.2 Å². The van der Waals surface area contributed by atoms with Crippen LogP contribution in [0.4, 0.5) is 0 Å². The SMILES string of the molecule is CC(C)(C)OC(=O)C(N)(CCBr)C(=O)OC1CCCCC1. The molecule has 0 aliphatic heterocycles. The lowest BCUT2D eigenvalue weighted by molar-refractivity contribution is -0.174. The van der Waals surface area contributed by atoms with Crippen LogP contribution >= 0.6 is 15.9 Å². The zero-order valence-electron chi connectivity index (χ0n) is 13.1. The van der Waals surface area contributed by atoms with Crippen molar-refractivity contribution in [3.8, 4) is 0 Å². The number of carbonyl (C=O) groups excluding carboxylic acids is 2. The van der Waals surface area contributed by atoms with Crippen LogP contribution in [0.2, 0.25) is 0 Å². The third-order valence-electron chi connectivity index (χ3n) is 3.44. The maximum absolute atomic E-state index is 12.4. The van der Waals surface area contributed by atoms with E-state index in [1.54, 1.807) is 20.8 Å². The number of alkyl halides is 1. The maximum Gasteiger partial charge on any atom is 0.338 e. The summed E-state index contributed by atoms with van der Waals surface area (Å²) in [6, 6.07) is 0. The van der Waals surface area contributed by atoms with Gasteiger partial charge in [-0.25, -0.2) is 9.59 Å². The van der Waals surface area contributed by atoms with Crippen LogP contribution in [0.1, 0.15) is 59.3 Å². The lowest BCUT2D eigenvalue weighted by atomic mass is 9.95. The number of rotatable bonds is 5. The van der Waals surface area contributed by atoms with Gasteiger partial charge >= 0.3 is 11.9 Å². The molecule has 1 aliphatic carbocycles. The molecular formula is C15H26BrNO4. The molecule has 0 spiro atoms. The second kappa shape index (κ2) is 7.58. The highest BCUT2D eigenvalue weighted by atomic mass is 79.9. The van der Waals surface area contributed by atoms with E-state index < -0.39 is 23.1 Å². The summed E-state index contributed by atoms with van der Waals surface area (Å²) in [4.78, 5) is 24.7. The van der Waals surface area contributed by atoms with Gasteiger partial charge in [0.2, 0.25) is 5.54 Å². The first-order valence-corrected chi connectivity index (χ1v) is 8.60. The average molecular weight is 364 g/mol. The number of nitrogens with two attached hydrogens (primary N) is 1. The number of esters is 2. The highest BCUT2D eigenvalue weighted by Crippen LogP contribution is 2.24. The standard InChI is InChI=1S/C15H26BrNO4/c1-14(2,3)21-13(19)15(17,9-10-16)12(18)20-11-7-5-4-6-8-11/h11H,4-10,17H2,1-3H3. The van der Waals surface area contributed by atoms with Crippen molar-refractivity contribution in [2.75, 3.05) is 5.33 Å². The van der Waals surface area contributed by atoms with Crippen molar-refractivity contribution >= 4 is 27.9 Å². The molecule has 1 unspecified atom stereocenters. The fourth-order valence-electron chi connectivity index (χ4n) is 2.25. The first kappa shape index (κ1) is 18.4. The Bertz CT molecular complexity index is 374.